The smallest absolute Gasteiger partial charge is 0.340 e. The SMILES string of the molecule is CCn1ncc(C(=O)c2cc(C)c3c(c2C)C(C)(C)CS3)c1OS(=O)(=O)c1ccc(C)cc1.O=O. The van der Waals surface area contributed by atoms with Crippen molar-refractivity contribution in [3.8, 4) is 5.88 Å². The van der Waals surface area contributed by atoms with Gasteiger partial charge in [0, 0.05) is 38.1 Å². The molecule has 0 aliphatic carbocycles. The van der Waals surface area contributed by atoms with Gasteiger partial charge in [-0.05, 0) is 62.6 Å². The van der Waals surface area contributed by atoms with Gasteiger partial charge < -0.3 is 4.18 Å². The first-order valence-corrected chi connectivity index (χ1v) is 13.4. The van der Waals surface area contributed by atoms with Crippen molar-refractivity contribution in [1.29, 1.82) is 0 Å². The van der Waals surface area contributed by atoms with Crippen LogP contribution in [0.25, 0.3) is 0 Å². The van der Waals surface area contributed by atoms with Crippen LogP contribution in [0, 0.1) is 30.7 Å². The normalized spacial score (nSPS) is 14.1. The average molecular weight is 517 g/mol. The van der Waals surface area contributed by atoms with E-state index in [1.807, 2.05) is 45.5 Å². The summed E-state index contributed by atoms with van der Waals surface area (Å²) in [6.45, 7) is 12.4. The first kappa shape index (κ1) is 26.6. The summed E-state index contributed by atoms with van der Waals surface area (Å²) in [5.74, 6) is 0.604. The van der Waals surface area contributed by atoms with Gasteiger partial charge in [-0.1, -0.05) is 31.5 Å². The number of aromatic nitrogens is 2. The van der Waals surface area contributed by atoms with E-state index in [1.165, 1.54) is 33.5 Å². The predicted molar refractivity (Wildman–Crippen MR) is 137 cm³/mol. The molecule has 0 saturated carbocycles. The Labute approximate surface area is 209 Å². The fourth-order valence-corrected chi connectivity index (χ4v) is 6.76. The Morgan fingerprint density at radius 2 is 1.74 bits per heavy atom. The van der Waals surface area contributed by atoms with Crippen molar-refractivity contribution >= 4 is 27.7 Å². The van der Waals surface area contributed by atoms with Gasteiger partial charge in [-0.25, -0.2) is 4.68 Å². The van der Waals surface area contributed by atoms with Gasteiger partial charge in [-0.15, -0.1) is 11.8 Å². The number of fused-ring (bicyclic) bond motifs is 1. The molecule has 0 atom stereocenters. The molecule has 2 heterocycles. The van der Waals surface area contributed by atoms with Crippen molar-refractivity contribution in [3.05, 3.63) is 79.8 Å². The number of hydrogen-bond donors (Lipinski definition) is 0. The van der Waals surface area contributed by atoms with Crippen LogP contribution in [-0.2, 0) is 22.1 Å². The summed E-state index contributed by atoms with van der Waals surface area (Å²) in [5, 5.41) is 4.23. The van der Waals surface area contributed by atoms with Gasteiger partial charge in [0.2, 0.25) is 5.88 Å². The fraction of sp³-hybridized carbons (Fsp3) is 0.360. The molecule has 2 aromatic carbocycles. The minimum absolute atomic E-state index is 0.0266. The Hall–Kier alpha value is -2.98. The number of benzene rings is 2. The number of rotatable bonds is 6. The molecular weight excluding hydrogens is 488 g/mol. The lowest BCUT2D eigenvalue weighted by molar-refractivity contribution is 0.103. The van der Waals surface area contributed by atoms with E-state index in [-0.39, 0.29) is 27.5 Å². The van der Waals surface area contributed by atoms with E-state index in [0.717, 1.165) is 22.4 Å². The number of hydrogen-bond acceptors (Lipinski definition) is 8. The highest BCUT2D eigenvalue weighted by atomic mass is 32.2. The molecule has 35 heavy (non-hydrogen) atoms. The maximum absolute atomic E-state index is 13.7. The molecule has 0 radical (unpaired) electrons. The zero-order valence-corrected chi connectivity index (χ0v) is 22.2. The van der Waals surface area contributed by atoms with Crippen LogP contribution in [0.4, 0.5) is 0 Å². The molecule has 0 amide bonds. The second-order valence-corrected chi connectivity index (χ2v) is 11.6. The Morgan fingerprint density at radius 3 is 2.34 bits per heavy atom. The summed E-state index contributed by atoms with van der Waals surface area (Å²) < 4.78 is 32.9. The maximum atomic E-state index is 13.7. The molecule has 1 aliphatic heterocycles. The minimum atomic E-state index is -4.13. The van der Waals surface area contributed by atoms with Gasteiger partial charge >= 0.3 is 10.1 Å². The van der Waals surface area contributed by atoms with Crippen LogP contribution in [-0.4, -0.2) is 29.7 Å². The number of carbonyl (C=O) groups excluding carboxylic acids is 1. The molecule has 1 aromatic heterocycles. The number of nitrogens with zero attached hydrogens (tertiary/aromatic N) is 2. The third-order valence-electron chi connectivity index (χ3n) is 6.06. The van der Waals surface area contributed by atoms with Gasteiger partial charge in [-0.3, -0.25) is 4.79 Å². The van der Waals surface area contributed by atoms with Gasteiger partial charge in [0.15, 0.2) is 5.78 Å². The van der Waals surface area contributed by atoms with Crippen molar-refractivity contribution in [2.75, 3.05) is 5.75 Å². The lowest BCUT2D eigenvalue weighted by Crippen LogP contribution is -2.20. The predicted octanol–water partition coefficient (Wildman–Crippen LogP) is 5.28. The Morgan fingerprint density at radius 1 is 1.11 bits per heavy atom. The molecule has 0 spiro atoms. The summed E-state index contributed by atoms with van der Waals surface area (Å²) in [5.41, 5.74) is 4.74. The highest BCUT2D eigenvalue weighted by Crippen LogP contribution is 2.48. The first-order chi connectivity index (χ1) is 16.5. The van der Waals surface area contributed by atoms with Crippen molar-refractivity contribution in [2.45, 2.75) is 63.3 Å². The molecule has 0 saturated heterocycles. The largest absolute Gasteiger partial charge is 0.358 e. The highest BCUT2D eigenvalue weighted by Gasteiger charge is 2.36. The lowest BCUT2D eigenvalue weighted by Gasteiger charge is -2.22. The molecule has 10 heteroatoms. The van der Waals surface area contributed by atoms with E-state index in [9.17, 15) is 13.2 Å². The van der Waals surface area contributed by atoms with E-state index in [1.54, 1.807) is 12.1 Å². The number of aryl methyl sites for hydroxylation is 3. The van der Waals surface area contributed by atoms with Crippen LogP contribution in [0.2, 0.25) is 0 Å². The van der Waals surface area contributed by atoms with Gasteiger partial charge in [0.1, 0.15) is 10.5 Å². The van der Waals surface area contributed by atoms with Crippen LogP contribution in [0.15, 0.2) is 46.3 Å². The molecule has 0 unspecified atom stereocenters. The van der Waals surface area contributed by atoms with Gasteiger partial charge in [-0.2, -0.15) is 13.5 Å². The molecule has 0 N–H and O–H groups in total. The summed E-state index contributed by atoms with van der Waals surface area (Å²) in [7, 11) is -4.13. The molecule has 186 valence electrons. The van der Waals surface area contributed by atoms with Crippen molar-refractivity contribution in [1.82, 2.24) is 9.78 Å². The summed E-state index contributed by atoms with van der Waals surface area (Å²) in [4.78, 5) is 29.0. The van der Waals surface area contributed by atoms with Crippen LogP contribution >= 0.6 is 11.8 Å². The number of carbonyl (C=O) groups is 1. The van der Waals surface area contributed by atoms with Crippen molar-refractivity contribution in [3.63, 3.8) is 0 Å². The van der Waals surface area contributed by atoms with Crippen LogP contribution in [0.1, 0.15) is 58.9 Å². The average Bonchev–Trinajstić information content (AvgIpc) is 3.37. The Bertz CT molecular complexity index is 1380. The molecule has 8 nitrogen and oxygen atoms in total. The topological polar surface area (TPSA) is 112 Å². The fourth-order valence-electron chi connectivity index (χ4n) is 4.30. The highest BCUT2D eigenvalue weighted by molar-refractivity contribution is 7.99. The standard InChI is InChI=1S/C25H28N2O4S2.O2/c1-7-27-24(31-33(29,30)18-10-8-15(2)9-11-18)20(13-26-27)22(28)19-12-16(3)23-21(17(19)4)25(5,6)14-32-23;1-2/h8-13H,7,14H2,1-6H3;. The van der Waals surface area contributed by atoms with Gasteiger partial charge in [0.25, 0.3) is 0 Å². The van der Waals surface area contributed by atoms with E-state index < -0.39 is 10.1 Å². The van der Waals surface area contributed by atoms with E-state index in [0.29, 0.717) is 12.1 Å². The molecule has 0 bridgehead atoms. The zero-order chi connectivity index (χ0) is 26.1. The Kier molecular flexibility index (Phi) is 7.56. The second kappa shape index (κ2) is 9.94. The zero-order valence-electron chi connectivity index (χ0n) is 20.5. The van der Waals surface area contributed by atoms with E-state index in [4.69, 9.17) is 14.1 Å². The summed E-state index contributed by atoms with van der Waals surface area (Å²) in [6.07, 6.45) is 1.40. The molecule has 0 fully saturated rings. The Balaban J connectivity index is 0.00000167. The van der Waals surface area contributed by atoms with Crippen molar-refractivity contribution < 1.29 is 17.4 Å². The molecule has 4 rings (SSSR count). The third-order valence-corrected chi connectivity index (χ3v) is 8.96. The molecule has 3 aromatic rings. The quantitative estimate of drug-likeness (QED) is 0.321. The monoisotopic (exact) mass is 516 g/mol. The molecular formula is C25H28N2O6S2. The van der Waals surface area contributed by atoms with Crippen LogP contribution in [0.3, 0.4) is 0 Å². The van der Waals surface area contributed by atoms with Gasteiger partial charge in [0.05, 0.1) is 6.20 Å². The maximum Gasteiger partial charge on any atom is 0.340 e. The summed E-state index contributed by atoms with van der Waals surface area (Å²) >= 11 is 1.82. The summed E-state index contributed by atoms with van der Waals surface area (Å²) in [6, 6.07) is 8.29. The molecule has 1 aliphatic rings. The second-order valence-electron chi connectivity index (χ2n) is 9.10. The van der Waals surface area contributed by atoms with Crippen LogP contribution < -0.4 is 4.18 Å². The van der Waals surface area contributed by atoms with Crippen LogP contribution in [0.5, 0.6) is 5.88 Å². The lowest BCUT2D eigenvalue weighted by atomic mass is 9.80. The number of ketones is 1. The van der Waals surface area contributed by atoms with E-state index in [2.05, 4.69) is 18.9 Å². The minimum Gasteiger partial charge on any atom is -0.358 e. The van der Waals surface area contributed by atoms with E-state index >= 15 is 0 Å². The van der Waals surface area contributed by atoms with Crippen molar-refractivity contribution in [2.24, 2.45) is 0 Å². The number of thioether (sulfide) groups is 1. The first-order valence-electron chi connectivity index (χ1n) is 11.0. The third kappa shape index (κ3) is 4.90.